The van der Waals surface area contributed by atoms with Crippen LogP contribution in [0.5, 0.6) is 0 Å². The molecule has 174 valence electrons. The van der Waals surface area contributed by atoms with E-state index in [-0.39, 0.29) is 17.4 Å². The van der Waals surface area contributed by atoms with E-state index in [1.165, 1.54) is 30.5 Å². The number of nitrogens with zero attached hydrogens (tertiary/aromatic N) is 3. The van der Waals surface area contributed by atoms with Crippen molar-refractivity contribution < 1.29 is 17.6 Å². The molecule has 11 heteroatoms. The Balaban J connectivity index is 1.29. The molecular formula is C23H19ClFN5O3S. The predicted molar refractivity (Wildman–Crippen MR) is 127 cm³/mol. The number of rotatable bonds is 7. The van der Waals surface area contributed by atoms with Crippen LogP contribution < -0.4 is 10.0 Å². The lowest BCUT2D eigenvalue weighted by Gasteiger charge is -2.10. The minimum absolute atomic E-state index is 0.00552. The third-order valence-electron chi connectivity index (χ3n) is 5.48. The van der Waals surface area contributed by atoms with Crippen molar-refractivity contribution in [3.8, 4) is 11.1 Å². The third-order valence-corrected chi connectivity index (χ3v) is 7.58. The molecular weight excluding hydrogens is 481 g/mol. The first-order chi connectivity index (χ1) is 16.3. The molecule has 0 radical (unpaired) electrons. The van der Waals surface area contributed by atoms with Gasteiger partial charge in [0.2, 0.25) is 10.0 Å². The summed E-state index contributed by atoms with van der Waals surface area (Å²) in [5, 5.41) is 7.03. The van der Waals surface area contributed by atoms with Crippen molar-refractivity contribution in [2.24, 2.45) is 0 Å². The number of pyridine rings is 2. The summed E-state index contributed by atoms with van der Waals surface area (Å²) in [5.74, 6) is -1.30. The molecule has 0 spiro atoms. The molecule has 1 aliphatic rings. The molecule has 1 fully saturated rings. The first-order valence-corrected chi connectivity index (χ1v) is 12.4. The number of nitrogens with one attached hydrogen (secondary N) is 2. The third kappa shape index (κ3) is 4.59. The van der Waals surface area contributed by atoms with Gasteiger partial charge in [0.25, 0.3) is 5.91 Å². The number of anilines is 1. The first kappa shape index (κ1) is 22.3. The molecule has 1 aromatic carbocycles. The van der Waals surface area contributed by atoms with Gasteiger partial charge in [0.05, 0.1) is 40.5 Å². The van der Waals surface area contributed by atoms with Gasteiger partial charge in [-0.15, -0.1) is 0 Å². The minimum atomic E-state index is -3.40. The molecule has 4 aromatic rings. The molecule has 0 aliphatic heterocycles. The monoisotopic (exact) mass is 499 g/mol. The minimum Gasteiger partial charge on any atom is -0.346 e. The second kappa shape index (κ2) is 8.69. The van der Waals surface area contributed by atoms with E-state index in [0.29, 0.717) is 45.9 Å². The van der Waals surface area contributed by atoms with E-state index >= 15 is 0 Å². The number of halogens is 2. The average Bonchev–Trinajstić information content (AvgIpc) is 3.59. The van der Waals surface area contributed by atoms with Crippen LogP contribution in [0.3, 0.4) is 0 Å². The number of fused-ring (bicyclic) bond motifs is 1. The molecule has 8 nitrogen and oxygen atoms in total. The highest BCUT2D eigenvalue weighted by Gasteiger charge is 2.35. The van der Waals surface area contributed by atoms with Crippen molar-refractivity contribution in [2.45, 2.75) is 24.6 Å². The summed E-state index contributed by atoms with van der Waals surface area (Å²) in [4.78, 5) is 16.7. The fourth-order valence-corrected chi connectivity index (χ4v) is 5.11. The Bertz CT molecular complexity index is 1520. The van der Waals surface area contributed by atoms with Crippen LogP contribution in [0.1, 0.15) is 28.9 Å². The Morgan fingerprint density at radius 2 is 2.00 bits per heavy atom. The van der Waals surface area contributed by atoms with Crippen LogP contribution >= 0.6 is 11.6 Å². The molecule has 3 heterocycles. The van der Waals surface area contributed by atoms with E-state index in [9.17, 15) is 17.6 Å². The Kier molecular flexibility index (Phi) is 5.70. The van der Waals surface area contributed by atoms with E-state index in [2.05, 4.69) is 20.1 Å². The van der Waals surface area contributed by atoms with Crippen molar-refractivity contribution in [2.75, 3.05) is 4.72 Å². The van der Waals surface area contributed by atoms with Crippen molar-refractivity contribution >= 4 is 38.7 Å². The van der Waals surface area contributed by atoms with Gasteiger partial charge in [0, 0.05) is 23.0 Å². The summed E-state index contributed by atoms with van der Waals surface area (Å²) < 4.78 is 43.2. The lowest BCUT2D eigenvalue weighted by Crippen LogP contribution is -2.24. The van der Waals surface area contributed by atoms with Crippen molar-refractivity contribution in [3.63, 3.8) is 0 Å². The lowest BCUT2D eigenvalue weighted by molar-refractivity contribution is 0.0946. The second-order valence-corrected chi connectivity index (χ2v) is 10.4. The molecule has 5 rings (SSSR count). The lowest BCUT2D eigenvalue weighted by atomic mass is 10.0. The van der Waals surface area contributed by atoms with Gasteiger partial charge in [-0.05, 0) is 54.8 Å². The molecule has 34 heavy (non-hydrogen) atoms. The van der Waals surface area contributed by atoms with E-state index in [4.69, 9.17) is 11.6 Å². The summed E-state index contributed by atoms with van der Waals surface area (Å²) in [6, 6.07) is 10.8. The highest BCUT2D eigenvalue weighted by molar-refractivity contribution is 7.93. The van der Waals surface area contributed by atoms with Crippen LogP contribution in [0, 0.1) is 5.82 Å². The zero-order valence-corrected chi connectivity index (χ0v) is 19.3. The maximum absolute atomic E-state index is 14.8. The van der Waals surface area contributed by atoms with Gasteiger partial charge in [-0.1, -0.05) is 17.7 Å². The van der Waals surface area contributed by atoms with Crippen molar-refractivity contribution in [1.29, 1.82) is 0 Å². The van der Waals surface area contributed by atoms with E-state index in [0.717, 1.165) is 0 Å². The van der Waals surface area contributed by atoms with Gasteiger partial charge < -0.3 is 5.32 Å². The topological polar surface area (TPSA) is 105 Å². The molecule has 0 unspecified atom stereocenters. The highest BCUT2D eigenvalue weighted by atomic mass is 35.5. The quantitative estimate of drug-likeness (QED) is 0.399. The normalized spacial score (nSPS) is 13.7. The molecule has 3 aromatic heterocycles. The number of benzene rings is 1. The Morgan fingerprint density at radius 1 is 1.18 bits per heavy atom. The predicted octanol–water partition coefficient (Wildman–Crippen LogP) is 4.02. The molecule has 1 saturated carbocycles. The Morgan fingerprint density at radius 3 is 2.76 bits per heavy atom. The summed E-state index contributed by atoms with van der Waals surface area (Å²) in [6.07, 6.45) is 6.07. The van der Waals surface area contributed by atoms with E-state index in [1.54, 1.807) is 35.1 Å². The van der Waals surface area contributed by atoms with E-state index < -0.39 is 21.7 Å². The summed E-state index contributed by atoms with van der Waals surface area (Å²) >= 11 is 6.07. The van der Waals surface area contributed by atoms with Gasteiger partial charge in [0.15, 0.2) is 0 Å². The van der Waals surface area contributed by atoms with Crippen LogP contribution in [0.4, 0.5) is 10.1 Å². The first-order valence-electron chi connectivity index (χ1n) is 10.5. The molecule has 0 atom stereocenters. The molecule has 2 N–H and O–H groups in total. The van der Waals surface area contributed by atoms with Crippen LogP contribution in [-0.4, -0.2) is 34.2 Å². The van der Waals surface area contributed by atoms with Crippen LogP contribution in [-0.2, 0) is 16.6 Å². The van der Waals surface area contributed by atoms with Gasteiger partial charge in [-0.3, -0.25) is 14.5 Å². The Hall–Kier alpha value is -3.50. The number of amides is 1. The van der Waals surface area contributed by atoms with Gasteiger partial charge >= 0.3 is 0 Å². The summed E-state index contributed by atoms with van der Waals surface area (Å²) in [7, 11) is -3.40. The average molecular weight is 500 g/mol. The fourth-order valence-electron chi connectivity index (χ4n) is 3.57. The van der Waals surface area contributed by atoms with Crippen LogP contribution in [0.15, 0.2) is 61.1 Å². The standard InChI is InChI=1S/C23H19ClFN5O3S/c24-15-6-8-30-22(10-15)20(13-28-30)14-1-4-19(21(25)9-14)23(31)27-12-17-11-16(5-7-26-17)29-34(32,33)18-2-3-18/h1,4-11,13,18H,2-3,12H2,(H,26,29)(H,27,31). The van der Waals surface area contributed by atoms with Crippen molar-refractivity contribution in [3.05, 3.63) is 83.2 Å². The smallest absolute Gasteiger partial charge is 0.254 e. The largest absolute Gasteiger partial charge is 0.346 e. The molecule has 0 bridgehead atoms. The Labute approximate surface area is 199 Å². The highest BCUT2D eigenvalue weighted by Crippen LogP contribution is 2.30. The van der Waals surface area contributed by atoms with E-state index in [1.807, 2.05) is 0 Å². The van der Waals surface area contributed by atoms with Gasteiger partial charge in [-0.2, -0.15) is 5.10 Å². The zero-order chi connectivity index (χ0) is 23.9. The number of sulfonamides is 1. The van der Waals surface area contributed by atoms with Crippen molar-refractivity contribution in [1.82, 2.24) is 19.9 Å². The number of hydrogen-bond donors (Lipinski definition) is 2. The molecule has 1 amide bonds. The van der Waals surface area contributed by atoms with Gasteiger partial charge in [0.1, 0.15) is 5.82 Å². The molecule has 0 saturated heterocycles. The maximum atomic E-state index is 14.8. The van der Waals surface area contributed by atoms with Crippen LogP contribution in [0.25, 0.3) is 16.6 Å². The number of hydrogen-bond acceptors (Lipinski definition) is 5. The zero-order valence-electron chi connectivity index (χ0n) is 17.7. The molecule has 1 aliphatic carbocycles. The number of carbonyl (C=O) groups excluding carboxylic acids is 1. The number of aromatic nitrogens is 3. The summed E-state index contributed by atoms with van der Waals surface area (Å²) in [5.41, 5.74) is 2.64. The maximum Gasteiger partial charge on any atom is 0.254 e. The SMILES string of the molecule is O=C(NCc1cc(NS(=O)(=O)C2CC2)ccn1)c1ccc(-c2cnn3ccc(Cl)cc23)cc1F. The van der Waals surface area contributed by atoms with Gasteiger partial charge in [-0.25, -0.2) is 17.3 Å². The second-order valence-electron chi connectivity index (χ2n) is 7.99. The number of carbonyl (C=O) groups is 1. The fraction of sp³-hybridized carbons (Fsp3) is 0.174. The summed E-state index contributed by atoms with van der Waals surface area (Å²) in [6.45, 7) is 0.00552. The van der Waals surface area contributed by atoms with Crippen LogP contribution in [0.2, 0.25) is 5.02 Å².